The maximum Gasteiger partial charge on any atom is 0.231 e. The Balaban J connectivity index is 2.43. The molecule has 16 heavy (non-hydrogen) atoms. The van der Waals surface area contributed by atoms with Crippen molar-refractivity contribution in [3.05, 3.63) is 22.2 Å². The molecule has 4 heteroatoms. The normalized spacial score (nSPS) is 15.2. The number of halogens is 1. The third-order valence-electron chi connectivity index (χ3n) is 3.02. The molecule has 0 saturated heterocycles. The third-order valence-corrected chi connectivity index (χ3v) is 3.48. The number of hydrogen-bond acceptors (Lipinski definition) is 3. The van der Waals surface area contributed by atoms with Gasteiger partial charge in [-0.2, -0.15) is 0 Å². The lowest BCUT2D eigenvalue weighted by Crippen LogP contribution is -2.06. The van der Waals surface area contributed by atoms with E-state index in [0.29, 0.717) is 23.2 Å². The Morgan fingerprint density at radius 3 is 2.94 bits per heavy atom. The van der Waals surface area contributed by atoms with E-state index in [0.717, 1.165) is 17.7 Å². The molecule has 1 unspecified atom stereocenters. The Morgan fingerprint density at radius 1 is 1.50 bits per heavy atom. The second kappa shape index (κ2) is 4.52. The third kappa shape index (κ3) is 1.85. The van der Waals surface area contributed by atoms with Gasteiger partial charge in [0.05, 0.1) is 5.02 Å². The van der Waals surface area contributed by atoms with Crippen LogP contribution in [0.25, 0.3) is 0 Å². The number of benzene rings is 1. The number of hydrogen-bond donors (Lipinski definition) is 1. The molecule has 1 aromatic rings. The van der Waals surface area contributed by atoms with Gasteiger partial charge in [0, 0.05) is 0 Å². The van der Waals surface area contributed by atoms with Gasteiger partial charge >= 0.3 is 0 Å². The van der Waals surface area contributed by atoms with Crippen molar-refractivity contribution in [2.45, 2.75) is 26.2 Å². The van der Waals surface area contributed by atoms with Crippen LogP contribution in [0, 0.1) is 6.92 Å². The van der Waals surface area contributed by atoms with E-state index in [1.165, 1.54) is 5.56 Å². The molecule has 0 aromatic heterocycles. The Bertz CT molecular complexity index is 406. The average Bonchev–Trinajstić information content (AvgIpc) is 2.71. The molecule has 1 aromatic carbocycles. The molecule has 2 N–H and O–H groups in total. The van der Waals surface area contributed by atoms with Gasteiger partial charge in [0.15, 0.2) is 11.5 Å². The molecule has 0 radical (unpaired) electrons. The Kier molecular flexibility index (Phi) is 3.26. The Morgan fingerprint density at radius 2 is 2.25 bits per heavy atom. The molecule has 88 valence electrons. The van der Waals surface area contributed by atoms with Crippen molar-refractivity contribution in [2.75, 3.05) is 13.3 Å². The fourth-order valence-corrected chi connectivity index (χ4v) is 2.29. The van der Waals surface area contributed by atoms with Crippen molar-refractivity contribution in [3.8, 4) is 11.5 Å². The van der Waals surface area contributed by atoms with Gasteiger partial charge in [-0.3, -0.25) is 0 Å². The molecule has 0 bridgehead atoms. The number of fused-ring (bicyclic) bond motifs is 1. The summed E-state index contributed by atoms with van der Waals surface area (Å²) in [5, 5.41) is 0.661. The summed E-state index contributed by atoms with van der Waals surface area (Å²) in [6.45, 7) is 5.08. The molecule has 1 heterocycles. The largest absolute Gasteiger partial charge is 0.454 e. The molecule has 0 aliphatic carbocycles. The van der Waals surface area contributed by atoms with Gasteiger partial charge in [-0.05, 0) is 43.0 Å². The molecule has 3 nitrogen and oxygen atoms in total. The van der Waals surface area contributed by atoms with Crippen LogP contribution in [0.5, 0.6) is 11.5 Å². The van der Waals surface area contributed by atoms with Crippen LogP contribution in [0.1, 0.15) is 30.4 Å². The smallest absolute Gasteiger partial charge is 0.231 e. The summed E-state index contributed by atoms with van der Waals surface area (Å²) in [6, 6.07) is 2.02. The molecule has 1 aliphatic rings. The van der Waals surface area contributed by atoms with Crippen LogP contribution < -0.4 is 15.2 Å². The van der Waals surface area contributed by atoms with E-state index >= 15 is 0 Å². The highest BCUT2D eigenvalue weighted by atomic mass is 35.5. The molecule has 0 fully saturated rings. The van der Waals surface area contributed by atoms with Crippen LogP contribution in [-0.4, -0.2) is 13.3 Å². The van der Waals surface area contributed by atoms with Gasteiger partial charge < -0.3 is 15.2 Å². The van der Waals surface area contributed by atoms with Crippen LogP contribution in [0.4, 0.5) is 0 Å². The summed E-state index contributed by atoms with van der Waals surface area (Å²) in [7, 11) is 0. The summed E-state index contributed by atoms with van der Waals surface area (Å²) < 4.78 is 10.7. The summed E-state index contributed by atoms with van der Waals surface area (Å²) >= 11 is 6.25. The Labute approximate surface area is 100 Å². The van der Waals surface area contributed by atoms with Gasteiger partial charge in [0.1, 0.15) is 0 Å². The number of nitrogens with two attached hydrogens (primary N) is 1. The van der Waals surface area contributed by atoms with Crippen molar-refractivity contribution in [1.29, 1.82) is 0 Å². The van der Waals surface area contributed by atoms with Crippen LogP contribution in [0.2, 0.25) is 5.02 Å². The highest BCUT2D eigenvalue weighted by Gasteiger charge is 2.23. The highest BCUT2D eigenvalue weighted by Crippen LogP contribution is 2.44. The van der Waals surface area contributed by atoms with Crippen LogP contribution >= 0.6 is 11.6 Å². The molecule has 1 atom stereocenters. The van der Waals surface area contributed by atoms with Gasteiger partial charge in [0.2, 0.25) is 6.79 Å². The van der Waals surface area contributed by atoms with E-state index in [1.54, 1.807) is 0 Å². The first-order chi connectivity index (χ1) is 7.65. The maximum absolute atomic E-state index is 6.25. The zero-order valence-electron chi connectivity index (χ0n) is 9.55. The highest BCUT2D eigenvalue weighted by molar-refractivity contribution is 6.33. The molecule has 0 spiro atoms. The molecular formula is C12H16ClNO2. The zero-order chi connectivity index (χ0) is 11.7. The van der Waals surface area contributed by atoms with Crippen molar-refractivity contribution in [2.24, 2.45) is 5.73 Å². The van der Waals surface area contributed by atoms with E-state index < -0.39 is 0 Å². The predicted octanol–water partition coefficient (Wildman–Crippen LogP) is 2.83. The van der Waals surface area contributed by atoms with Crippen LogP contribution in [0.15, 0.2) is 6.07 Å². The van der Waals surface area contributed by atoms with E-state index in [9.17, 15) is 0 Å². The number of rotatable bonds is 3. The molecule has 0 amide bonds. The minimum Gasteiger partial charge on any atom is -0.454 e. The van der Waals surface area contributed by atoms with Crippen molar-refractivity contribution < 1.29 is 9.47 Å². The lowest BCUT2D eigenvalue weighted by Gasteiger charge is -2.16. The first-order valence-electron chi connectivity index (χ1n) is 5.43. The monoisotopic (exact) mass is 241 g/mol. The topological polar surface area (TPSA) is 44.5 Å². The number of ether oxygens (including phenoxy) is 2. The molecular weight excluding hydrogens is 226 g/mol. The second-order valence-electron chi connectivity index (χ2n) is 4.12. The van der Waals surface area contributed by atoms with Crippen LogP contribution in [-0.2, 0) is 0 Å². The van der Waals surface area contributed by atoms with E-state index in [-0.39, 0.29) is 6.79 Å². The van der Waals surface area contributed by atoms with Gasteiger partial charge in [-0.15, -0.1) is 0 Å². The van der Waals surface area contributed by atoms with Crippen LogP contribution in [0.3, 0.4) is 0 Å². The maximum atomic E-state index is 6.25. The second-order valence-corrected chi connectivity index (χ2v) is 4.49. The van der Waals surface area contributed by atoms with Gasteiger partial charge in [0.25, 0.3) is 0 Å². The van der Waals surface area contributed by atoms with Crippen molar-refractivity contribution >= 4 is 11.6 Å². The summed E-state index contributed by atoms with van der Waals surface area (Å²) in [5.74, 6) is 1.80. The average molecular weight is 242 g/mol. The standard InChI is InChI=1S/C12H16ClNO2/c1-7(3-4-14)9-5-10-12(16-6-15-10)11(13)8(9)2/h5,7H,3-4,6,14H2,1-2H3. The minimum atomic E-state index is 0.253. The fraction of sp³-hybridized carbons (Fsp3) is 0.500. The van der Waals surface area contributed by atoms with E-state index in [4.69, 9.17) is 26.8 Å². The minimum absolute atomic E-state index is 0.253. The van der Waals surface area contributed by atoms with Crippen molar-refractivity contribution in [3.63, 3.8) is 0 Å². The SMILES string of the molecule is Cc1c(C(C)CCN)cc2c(c1Cl)OCO2. The summed E-state index contributed by atoms with van der Waals surface area (Å²) in [5.41, 5.74) is 7.83. The summed E-state index contributed by atoms with van der Waals surface area (Å²) in [6.07, 6.45) is 0.941. The van der Waals surface area contributed by atoms with Gasteiger partial charge in [-0.25, -0.2) is 0 Å². The molecule has 0 saturated carbocycles. The van der Waals surface area contributed by atoms with Crippen molar-refractivity contribution in [1.82, 2.24) is 0 Å². The van der Waals surface area contributed by atoms with E-state index in [2.05, 4.69) is 6.92 Å². The lowest BCUT2D eigenvalue weighted by molar-refractivity contribution is 0.174. The molecule has 2 rings (SSSR count). The van der Waals surface area contributed by atoms with Gasteiger partial charge in [-0.1, -0.05) is 18.5 Å². The lowest BCUT2D eigenvalue weighted by atomic mass is 9.93. The summed E-state index contributed by atoms with van der Waals surface area (Å²) in [4.78, 5) is 0. The quantitative estimate of drug-likeness (QED) is 0.885. The predicted molar refractivity (Wildman–Crippen MR) is 64.4 cm³/mol. The molecule has 1 aliphatic heterocycles. The van der Waals surface area contributed by atoms with E-state index in [1.807, 2.05) is 13.0 Å². The fourth-order valence-electron chi connectivity index (χ4n) is 2.03. The first kappa shape index (κ1) is 11.6. The zero-order valence-corrected chi connectivity index (χ0v) is 10.3. The first-order valence-corrected chi connectivity index (χ1v) is 5.81. The Hall–Kier alpha value is -0.930.